The fraction of sp³-hybridized carbons (Fsp3) is 0. The number of rotatable bonds is 7. The van der Waals surface area contributed by atoms with E-state index in [0.29, 0.717) is 0 Å². The normalized spacial score (nSPS) is 11.7. The number of fused-ring (bicyclic) bond motifs is 9. The summed E-state index contributed by atoms with van der Waals surface area (Å²) in [4.78, 5) is 2.43. The lowest BCUT2D eigenvalue weighted by atomic mass is 9.97. The van der Waals surface area contributed by atoms with E-state index in [1.807, 2.05) is 11.3 Å². The summed E-state index contributed by atoms with van der Waals surface area (Å²) in [6.07, 6.45) is 0. The molecule has 0 N–H and O–H groups in total. The van der Waals surface area contributed by atoms with E-state index in [9.17, 15) is 0 Å². The van der Waals surface area contributed by atoms with Gasteiger partial charge in [-0.1, -0.05) is 170 Å². The number of nitrogens with zero attached hydrogens (tertiary/aromatic N) is 1. The van der Waals surface area contributed by atoms with E-state index in [2.05, 4.69) is 241 Å². The van der Waals surface area contributed by atoms with Crippen LogP contribution in [0.1, 0.15) is 0 Å². The molecule has 2 nitrogen and oxygen atoms in total. The SMILES string of the molecule is c1ccc(-c2ccc3c(c2)oc2c(-c4ccccc4)ccc(N(c4ccc(-c5ccc6c(ccc7ccccc76)c5)cc4)c4ccc5sc6cc(-c7ccccc7)ccc6c5c4)c23)cc1. The highest BCUT2D eigenvalue weighted by molar-refractivity contribution is 7.25. The standard InChI is InChI=1S/C62H39NOS/c1-4-12-40(13-5-1)46-26-32-55-58(37-46)64-62-53(43-16-8-3-9-17-43)33-34-57(61(55)62)63(50-29-35-59-56(39-50)54-31-25-47(38-60(54)65-59)41-14-6-2-7-15-41)49-27-22-42(23-28-49)45-24-30-52-48(36-45)21-20-44-18-10-11-19-51(44)52/h1-39H. The van der Waals surface area contributed by atoms with E-state index < -0.39 is 0 Å². The van der Waals surface area contributed by atoms with Crippen LogP contribution < -0.4 is 4.90 Å². The average Bonchev–Trinajstić information content (AvgIpc) is 3.95. The largest absolute Gasteiger partial charge is 0.455 e. The van der Waals surface area contributed by atoms with Gasteiger partial charge < -0.3 is 9.32 Å². The van der Waals surface area contributed by atoms with Crippen LogP contribution in [0.2, 0.25) is 0 Å². The van der Waals surface area contributed by atoms with Crippen molar-refractivity contribution in [3.63, 3.8) is 0 Å². The highest BCUT2D eigenvalue weighted by Crippen LogP contribution is 2.48. The predicted octanol–water partition coefficient (Wildman–Crippen LogP) is 18.4. The zero-order chi connectivity index (χ0) is 42.8. The Bertz CT molecular complexity index is 3920. The van der Waals surface area contributed by atoms with Gasteiger partial charge in [-0.15, -0.1) is 11.3 Å². The molecular formula is C62H39NOS. The third-order valence-corrected chi connectivity index (χ3v) is 14.2. The molecule has 0 atom stereocenters. The molecule has 13 rings (SSSR count). The Hall–Kier alpha value is -8.24. The summed E-state index contributed by atoms with van der Waals surface area (Å²) >= 11 is 1.85. The van der Waals surface area contributed by atoms with Crippen molar-refractivity contribution < 1.29 is 4.42 Å². The quantitative estimate of drug-likeness (QED) is 0.149. The lowest BCUT2D eigenvalue weighted by Gasteiger charge is -2.27. The van der Waals surface area contributed by atoms with Crippen molar-refractivity contribution in [3.05, 3.63) is 237 Å². The van der Waals surface area contributed by atoms with E-state index in [1.165, 1.54) is 64.0 Å². The summed E-state index contributed by atoms with van der Waals surface area (Å²) in [6.45, 7) is 0. The molecule has 0 fully saturated rings. The molecule has 0 spiro atoms. The molecule has 0 saturated carbocycles. The van der Waals surface area contributed by atoms with Crippen molar-refractivity contribution in [2.45, 2.75) is 0 Å². The summed E-state index contributed by atoms with van der Waals surface area (Å²) < 4.78 is 9.58. The summed E-state index contributed by atoms with van der Waals surface area (Å²) in [5, 5.41) is 9.71. The van der Waals surface area contributed by atoms with E-state index in [-0.39, 0.29) is 0 Å². The maximum Gasteiger partial charge on any atom is 0.145 e. The molecule has 13 aromatic rings. The predicted molar refractivity (Wildman–Crippen MR) is 278 cm³/mol. The Labute approximate surface area is 380 Å². The Balaban J connectivity index is 1.01. The average molecular weight is 846 g/mol. The molecule has 0 radical (unpaired) electrons. The van der Waals surface area contributed by atoms with Crippen LogP contribution in [0.25, 0.3) is 108 Å². The minimum Gasteiger partial charge on any atom is -0.455 e. The van der Waals surface area contributed by atoms with Gasteiger partial charge in [0, 0.05) is 42.5 Å². The number of furan rings is 1. The second-order valence-electron chi connectivity index (χ2n) is 16.8. The van der Waals surface area contributed by atoms with Crippen molar-refractivity contribution in [3.8, 4) is 44.5 Å². The van der Waals surface area contributed by atoms with Gasteiger partial charge in [-0.3, -0.25) is 0 Å². The Kier molecular flexibility index (Phi) is 8.75. The molecule has 0 bridgehead atoms. The van der Waals surface area contributed by atoms with Gasteiger partial charge in [-0.05, 0) is 127 Å². The van der Waals surface area contributed by atoms with Crippen LogP contribution in [0.4, 0.5) is 17.1 Å². The summed E-state index contributed by atoms with van der Waals surface area (Å²) in [7, 11) is 0. The molecule has 3 heteroatoms. The number of benzene rings is 11. The number of anilines is 3. The summed E-state index contributed by atoms with van der Waals surface area (Å²) in [5.74, 6) is 0. The molecule has 2 heterocycles. The molecule has 0 saturated heterocycles. The van der Waals surface area contributed by atoms with Crippen LogP contribution in [0.15, 0.2) is 241 Å². The monoisotopic (exact) mass is 845 g/mol. The first kappa shape index (κ1) is 37.3. The third kappa shape index (κ3) is 6.39. The molecule has 0 amide bonds. The maximum absolute atomic E-state index is 7.04. The smallest absolute Gasteiger partial charge is 0.145 e. The van der Waals surface area contributed by atoms with Gasteiger partial charge in [-0.2, -0.15) is 0 Å². The van der Waals surface area contributed by atoms with Gasteiger partial charge in [0.05, 0.1) is 11.1 Å². The zero-order valence-electron chi connectivity index (χ0n) is 35.3. The molecule has 11 aromatic carbocycles. The van der Waals surface area contributed by atoms with Gasteiger partial charge in [0.1, 0.15) is 11.2 Å². The minimum atomic E-state index is 0.860. The van der Waals surface area contributed by atoms with Crippen LogP contribution in [0.5, 0.6) is 0 Å². The van der Waals surface area contributed by atoms with Crippen molar-refractivity contribution >= 4 is 92.1 Å². The highest BCUT2D eigenvalue weighted by atomic mass is 32.1. The van der Waals surface area contributed by atoms with E-state index in [4.69, 9.17) is 4.42 Å². The van der Waals surface area contributed by atoms with Crippen molar-refractivity contribution in [1.29, 1.82) is 0 Å². The molecule has 0 aliphatic carbocycles. The zero-order valence-corrected chi connectivity index (χ0v) is 36.1. The van der Waals surface area contributed by atoms with E-state index in [1.54, 1.807) is 0 Å². The van der Waals surface area contributed by atoms with E-state index >= 15 is 0 Å². The topological polar surface area (TPSA) is 16.4 Å². The van der Waals surface area contributed by atoms with Crippen molar-refractivity contribution in [2.24, 2.45) is 0 Å². The molecule has 65 heavy (non-hydrogen) atoms. The highest BCUT2D eigenvalue weighted by Gasteiger charge is 2.23. The first-order chi connectivity index (χ1) is 32.2. The molecule has 0 unspecified atom stereocenters. The fourth-order valence-electron chi connectivity index (χ4n) is 9.84. The fourth-order valence-corrected chi connectivity index (χ4v) is 11.0. The number of thiophene rings is 1. The lowest BCUT2D eigenvalue weighted by molar-refractivity contribution is 0.670. The molecule has 0 aliphatic heterocycles. The maximum atomic E-state index is 7.04. The van der Waals surface area contributed by atoms with Crippen LogP contribution >= 0.6 is 11.3 Å². The van der Waals surface area contributed by atoms with Crippen LogP contribution in [-0.2, 0) is 0 Å². The second kappa shape index (κ2) is 15.2. The first-order valence-electron chi connectivity index (χ1n) is 22.1. The summed E-state index contributed by atoms with van der Waals surface area (Å²) in [6, 6.07) is 85.9. The lowest BCUT2D eigenvalue weighted by Crippen LogP contribution is -2.10. The van der Waals surface area contributed by atoms with Crippen molar-refractivity contribution in [1.82, 2.24) is 0 Å². The second-order valence-corrected chi connectivity index (χ2v) is 17.9. The molecule has 304 valence electrons. The Morgan fingerprint density at radius 2 is 0.892 bits per heavy atom. The Morgan fingerprint density at radius 3 is 1.65 bits per heavy atom. The molecular weight excluding hydrogens is 807 g/mol. The first-order valence-corrected chi connectivity index (χ1v) is 23.0. The summed E-state index contributed by atoms with van der Waals surface area (Å²) in [5.41, 5.74) is 14.2. The van der Waals surface area contributed by atoms with Gasteiger partial charge in [-0.25, -0.2) is 0 Å². The number of hydrogen-bond acceptors (Lipinski definition) is 3. The van der Waals surface area contributed by atoms with Gasteiger partial charge in [0.15, 0.2) is 0 Å². The molecule has 2 aromatic heterocycles. The van der Waals surface area contributed by atoms with Gasteiger partial charge >= 0.3 is 0 Å². The Morgan fingerprint density at radius 1 is 0.323 bits per heavy atom. The van der Waals surface area contributed by atoms with Crippen LogP contribution in [0, 0.1) is 0 Å². The van der Waals surface area contributed by atoms with Gasteiger partial charge in [0.25, 0.3) is 0 Å². The third-order valence-electron chi connectivity index (χ3n) is 13.1. The van der Waals surface area contributed by atoms with E-state index in [0.717, 1.165) is 61.3 Å². The van der Waals surface area contributed by atoms with Crippen molar-refractivity contribution in [2.75, 3.05) is 4.90 Å². The molecule has 0 aliphatic rings. The number of hydrogen-bond donors (Lipinski definition) is 0. The van der Waals surface area contributed by atoms with Gasteiger partial charge in [0.2, 0.25) is 0 Å². The minimum absolute atomic E-state index is 0.860. The van der Waals surface area contributed by atoms with Crippen LogP contribution in [-0.4, -0.2) is 0 Å². The van der Waals surface area contributed by atoms with Crippen LogP contribution in [0.3, 0.4) is 0 Å².